The first-order valence-corrected chi connectivity index (χ1v) is 9.04. The maximum Gasteiger partial charge on any atom is 0.161 e. The van der Waals surface area contributed by atoms with Crippen LogP contribution in [-0.4, -0.2) is 23.7 Å². The van der Waals surface area contributed by atoms with Gasteiger partial charge in [0.25, 0.3) is 0 Å². The number of hydrogen-bond donors (Lipinski definition) is 1. The number of aromatic nitrogens is 2. The number of ether oxygens (including phenoxy) is 2. The molecule has 0 unspecified atom stereocenters. The molecule has 0 spiro atoms. The lowest BCUT2D eigenvalue weighted by atomic mass is 10.2. The molecule has 0 bridgehead atoms. The van der Waals surface area contributed by atoms with Crippen LogP contribution in [0.5, 0.6) is 11.5 Å². The van der Waals surface area contributed by atoms with Gasteiger partial charge < -0.3 is 14.5 Å². The van der Waals surface area contributed by atoms with E-state index in [2.05, 4.69) is 16.9 Å². The molecule has 0 fully saturated rings. The minimum atomic E-state index is 0.487. The minimum Gasteiger partial charge on any atom is -0.493 e. The molecular weight excluding hydrogens is 359 g/mol. The summed E-state index contributed by atoms with van der Waals surface area (Å²) in [4.78, 5) is 7.84. The molecule has 0 aliphatic heterocycles. The Labute approximate surface area is 157 Å². The largest absolute Gasteiger partial charge is 0.493 e. The van der Waals surface area contributed by atoms with E-state index in [0.717, 1.165) is 41.0 Å². The number of imidazole rings is 1. The van der Waals surface area contributed by atoms with Crippen molar-refractivity contribution in [3.8, 4) is 22.9 Å². The molecule has 3 rings (SSSR count). The predicted octanol–water partition coefficient (Wildman–Crippen LogP) is 6.11. The highest BCUT2D eigenvalue weighted by molar-refractivity contribution is 6.42. The normalized spacial score (nSPS) is 11.0. The van der Waals surface area contributed by atoms with Gasteiger partial charge in [-0.15, -0.1) is 0 Å². The van der Waals surface area contributed by atoms with Gasteiger partial charge in [-0.25, -0.2) is 4.98 Å². The number of fused-ring (bicyclic) bond motifs is 1. The molecule has 0 saturated carbocycles. The summed E-state index contributed by atoms with van der Waals surface area (Å²) >= 11 is 12.1. The van der Waals surface area contributed by atoms with E-state index in [1.165, 1.54) is 6.42 Å². The van der Waals surface area contributed by atoms with E-state index in [1.54, 1.807) is 19.2 Å². The lowest BCUT2D eigenvalue weighted by molar-refractivity contribution is 0.286. The fourth-order valence-corrected chi connectivity index (χ4v) is 2.93. The van der Waals surface area contributed by atoms with Gasteiger partial charge in [-0.2, -0.15) is 0 Å². The van der Waals surface area contributed by atoms with Crippen molar-refractivity contribution in [2.24, 2.45) is 0 Å². The van der Waals surface area contributed by atoms with Crippen LogP contribution in [0, 0.1) is 0 Å². The van der Waals surface area contributed by atoms with E-state index >= 15 is 0 Å². The van der Waals surface area contributed by atoms with Gasteiger partial charge in [0, 0.05) is 5.56 Å². The molecule has 0 saturated heterocycles. The van der Waals surface area contributed by atoms with E-state index in [-0.39, 0.29) is 0 Å². The van der Waals surface area contributed by atoms with Crippen LogP contribution in [0.2, 0.25) is 10.0 Å². The fourth-order valence-electron chi connectivity index (χ4n) is 2.61. The Bertz CT molecular complexity index is 838. The Morgan fingerprint density at radius 2 is 1.84 bits per heavy atom. The average Bonchev–Trinajstić information content (AvgIpc) is 3.02. The van der Waals surface area contributed by atoms with Crippen molar-refractivity contribution < 1.29 is 9.47 Å². The number of H-pyrrole nitrogens is 1. The second-order valence-corrected chi connectivity index (χ2v) is 6.60. The summed E-state index contributed by atoms with van der Waals surface area (Å²) in [6.07, 6.45) is 3.36. The summed E-state index contributed by atoms with van der Waals surface area (Å²) in [6.45, 7) is 2.86. The van der Waals surface area contributed by atoms with Crippen LogP contribution in [0.3, 0.4) is 0 Å². The van der Waals surface area contributed by atoms with E-state index in [0.29, 0.717) is 22.4 Å². The number of unbranched alkanes of at least 4 members (excludes halogenated alkanes) is 2. The number of hydrogen-bond acceptors (Lipinski definition) is 3. The SMILES string of the molecule is CCCCCOc1ccc(-c2nc3cc(Cl)c(Cl)cc3[nH]2)cc1OC. The number of rotatable bonds is 7. The highest BCUT2D eigenvalue weighted by atomic mass is 35.5. The average molecular weight is 379 g/mol. The van der Waals surface area contributed by atoms with Gasteiger partial charge in [0.15, 0.2) is 11.5 Å². The van der Waals surface area contributed by atoms with Crippen molar-refractivity contribution in [1.29, 1.82) is 0 Å². The Morgan fingerprint density at radius 3 is 2.60 bits per heavy atom. The number of benzene rings is 2. The van der Waals surface area contributed by atoms with Crippen LogP contribution >= 0.6 is 23.2 Å². The summed E-state index contributed by atoms with van der Waals surface area (Å²) in [7, 11) is 1.64. The Kier molecular flexibility index (Phi) is 5.71. The molecule has 2 aromatic carbocycles. The Hall–Kier alpha value is -1.91. The third-order valence-corrected chi connectivity index (χ3v) is 4.69. The van der Waals surface area contributed by atoms with Crippen molar-refractivity contribution in [3.05, 3.63) is 40.4 Å². The first kappa shape index (κ1) is 17.9. The van der Waals surface area contributed by atoms with Gasteiger partial charge >= 0.3 is 0 Å². The molecule has 1 heterocycles. The van der Waals surface area contributed by atoms with Crippen molar-refractivity contribution in [1.82, 2.24) is 9.97 Å². The molecule has 1 aromatic heterocycles. The highest BCUT2D eigenvalue weighted by Gasteiger charge is 2.12. The summed E-state index contributed by atoms with van der Waals surface area (Å²) < 4.78 is 11.3. The first-order chi connectivity index (χ1) is 12.1. The zero-order chi connectivity index (χ0) is 17.8. The molecule has 6 heteroatoms. The Balaban J connectivity index is 1.87. The maximum absolute atomic E-state index is 6.07. The fraction of sp³-hybridized carbons (Fsp3) is 0.316. The molecular formula is C19H20Cl2N2O2. The number of halogens is 2. The van der Waals surface area contributed by atoms with Crippen LogP contribution in [0.25, 0.3) is 22.4 Å². The quantitative estimate of drug-likeness (QED) is 0.504. The van der Waals surface area contributed by atoms with Crippen molar-refractivity contribution in [2.45, 2.75) is 26.2 Å². The number of nitrogens with one attached hydrogen (secondary N) is 1. The van der Waals surface area contributed by atoms with Gasteiger partial charge in [-0.1, -0.05) is 43.0 Å². The van der Waals surface area contributed by atoms with Crippen LogP contribution < -0.4 is 9.47 Å². The molecule has 0 aliphatic rings. The van der Waals surface area contributed by atoms with Crippen molar-refractivity contribution in [3.63, 3.8) is 0 Å². The summed E-state index contributed by atoms with van der Waals surface area (Å²) in [5, 5.41) is 0.985. The summed E-state index contributed by atoms with van der Waals surface area (Å²) in [5.74, 6) is 2.15. The zero-order valence-corrected chi connectivity index (χ0v) is 15.7. The van der Waals surface area contributed by atoms with Crippen LogP contribution in [0.4, 0.5) is 0 Å². The standard InChI is InChI=1S/C19H20Cl2N2O2/c1-3-4-5-8-25-17-7-6-12(9-18(17)24-2)19-22-15-10-13(20)14(21)11-16(15)23-19/h6-7,9-11H,3-5,8H2,1-2H3,(H,22,23). The smallest absolute Gasteiger partial charge is 0.161 e. The highest BCUT2D eigenvalue weighted by Crippen LogP contribution is 2.33. The molecule has 1 N–H and O–H groups in total. The Morgan fingerprint density at radius 1 is 1.04 bits per heavy atom. The van der Waals surface area contributed by atoms with Crippen molar-refractivity contribution in [2.75, 3.05) is 13.7 Å². The van der Waals surface area contributed by atoms with Crippen LogP contribution in [-0.2, 0) is 0 Å². The predicted molar refractivity (Wildman–Crippen MR) is 103 cm³/mol. The molecule has 0 atom stereocenters. The number of methoxy groups -OCH3 is 1. The topological polar surface area (TPSA) is 47.1 Å². The molecule has 25 heavy (non-hydrogen) atoms. The van der Waals surface area contributed by atoms with Gasteiger partial charge in [-0.3, -0.25) is 0 Å². The van der Waals surface area contributed by atoms with Gasteiger partial charge in [0.05, 0.1) is 34.8 Å². The number of nitrogens with zero attached hydrogens (tertiary/aromatic N) is 1. The molecule has 4 nitrogen and oxygen atoms in total. The lowest BCUT2D eigenvalue weighted by Gasteiger charge is -2.11. The monoisotopic (exact) mass is 378 g/mol. The second-order valence-electron chi connectivity index (χ2n) is 5.79. The van der Waals surface area contributed by atoms with E-state index in [4.69, 9.17) is 32.7 Å². The molecule has 0 radical (unpaired) electrons. The van der Waals surface area contributed by atoms with Gasteiger partial charge in [0.2, 0.25) is 0 Å². The zero-order valence-electron chi connectivity index (χ0n) is 14.2. The van der Waals surface area contributed by atoms with Gasteiger partial charge in [0.1, 0.15) is 5.82 Å². The lowest BCUT2D eigenvalue weighted by Crippen LogP contribution is -1.99. The second kappa shape index (κ2) is 7.98. The third-order valence-electron chi connectivity index (χ3n) is 3.97. The number of aromatic amines is 1. The first-order valence-electron chi connectivity index (χ1n) is 8.28. The van der Waals surface area contributed by atoms with E-state index in [1.807, 2.05) is 18.2 Å². The van der Waals surface area contributed by atoms with E-state index in [9.17, 15) is 0 Å². The minimum absolute atomic E-state index is 0.487. The molecule has 3 aromatic rings. The molecule has 0 amide bonds. The summed E-state index contributed by atoms with van der Waals surface area (Å²) in [6, 6.07) is 9.31. The van der Waals surface area contributed by atoms with Crippen LogP contribution in [0.1, 0.15) is 26.2 Å². The third kappa shape index (κ3) is 4.02. The molecule has 0 aliphatic carbocycles. The molecule has 132 valence electrons. The maximum atomic E-state index is 6.07. The van der Waals surface area contributed by atoms with E-state index < -0.39 is 0 Å². The van der Waals surface area contributed by atoms with Crippen molar-refractivity contribution >= 4 is 34.2 Å². The summed E-state index contributed by atoms with van der Waals surface area (Å²) in [5.41, 5.74) is 2.51. The van der Waals surface area contributed by atoms with Gasteiger partial charge in [-0.05, 0) is 36.8 Å². The van der Waals surface area contributed by atoms with Crippen LogP contribution in [0.15, 0.2) is 30.3 Å².